The van der Waals surface area contributed by atoms with Gasteiger partial charge in [0.25, 0.3) is 0 Å². The standard InChI is InChI=1S/C13H24N2O2/c1-10-11(2)15(6-5-14-10)13(16)9-12-3-7-17-8-4-12/h10-12,14H,3-9H2,1-2H3. The monoisotopic (exact) mass is 240 g/mol. The molecular weight excluding hydrogens is 216 g/mol. The molecule has 2 aliphatic heterocycles. The van der Waals surface area contributed by atoms with Gasteiger partial charge in [-0.25, -0.2) is 0 Å². The van der Waals surface area contributed by atoms with Crippen molar-refractivity contribution in [3.63, 3.8) is 0 Å². The average Bonchev–Trinajstić information content (AvgIpc) is 2.34. The van der Waals surface area contributed by atoms with Gasteiger partial charge in [-0.2, -0.15) is 0 Å². The van der Waals surface area contributed by atoms with E-state index in [0.29, 0.717) is 30.3 Å². The molecule has 98 valence electrons. The summed E-state index contributed by atoms with van der Waals surface area (Å²) >= 11 is 0. The highest BCUT2D eigenvalue weighted by Gasteiger charge is 2.29. The molecule has 2 rings (SSSR count). The molecule has 2 heterocycles. The Bertz CT molecular complexity index is 264. The molecule has 4 heteroatoms. The maximum atomic E-state index is 12.3. The van der Waals surface area contributed by atoms with Gasteiger partial charge in [-0.05, 0) is 32.6 Å². The molecule has 0 saturated carbocycles. The van der Waals surface area contributed by atoms with Crippen molar-refractivity contribution in [2.75, 3.05) is 26.3 Å². The lowest BCUT2D eigenvalue weighted by molar-refractivity contribution is -0.136. The Hall–Kier alpha value is -0.610. The van der Waals surface area contributed by atoms with Crippen LogP contribution < -0.4 is 5.32 Å². The maximum absolute atomic E-state index is 12.3. The Balaban J connectivity index is 1.85. The summed E-state index contributed by atoms with van der Waals surface area (Å²) in [6.45, 7) is 7.72. The van der Waals surface area contributed by atoms with Crippen molar-refractivity contribution in [3.8, 4) is 0 Å². The van der Waals surface area contributed by atoms with Crippen LogP contribution in [0.3, 0.4) is 0 Å². The van der Waals surface area contributed by atoms with Crippen molar-refractivity contribution in [1.29, 1.82) is 0 Å². The Morgan fingerprint density at radius 1 is 1.35 bits per heavy atom. The van der Waals surface area contributed by atoms with E-state index in [-0.39, 0.29) is 0 Å². The second-order valence-electron chi connectivity index (χ2n) is 5.33. The molecule has 0 spiro atoms. The predicted octanol–water partition coefficient (Wildman–Crippen LogP) is 1.01. The van der Waals surface area contributed by atoms with Crippen molar-refractivity contribution < 1.29 is 9.53 Å². The third kappa shape index (κ3) is 3.19. The van der Waals surface area contributed by atoms with Crippen LogP contribution >= 0.6 is 0 Å². The predicted molar refractivity (Wildman–Crippen MR) is 66.8 cm³/mol. The summed E-state index contributed by atoms with van der Waals surface area (Å²) < 4.78 is 5.33. The Morgan fingerprint density at radius 2 is 2.06 bits per heavy atom. The fourth-order valence-corrected chi connectivity index (χ4v) is 2.72. The van der Waals surface area contributed by atoms with E-state index in [0.717, 1.165) is 39.1 Å². The van der Waals surface area contributed by atoms with Crippen LogP contribution in [0.25, 0.3) is 0 Å². The van der Waals surface area contributed by atoms with Gasteiger partial charge in [-0.15, -0.1) is 0 Å². The molecule has 1 N–H and O–H groups in total. The smallest absolute Gasteiger partial charge is 0.223 e. The molecular formula is C13H24N2O2. The summed E-state index contributed by atoms with van der Waals surface area (Å²) in [7, 11) is 0. The fraction of sp³-hybridized carbons (Fsp3) is 0.923. The van der Waals surface area contributed by atoms with Crippen LogP contribution in [0.2, 0.25) is 0 Å². The first-order valence-electron chi connectivity index (χ1n) is 6.79. The number of carbonyl (C=O) groups excluding carboxylic acids is 1. The van der Waals surface area contributed by atoms with E-state index in [1.165, 1.54) is 0 Å². The summed E-state index contributed by atoms with van der Waals surface area (Å²) in [5, 5.41) is 3.41. The number of rotatable bonds is 2. The van der Waals surface area contributed by atoms with Crippen LogP contribution in [-0.4, -0.2) is 49.2 Å². The fourth-order valence-electron chi connectivity index (χ4n) is 2.72. The molecule has 0 aromatic rings. The van der Waals surface area contributed by atoms with Gasteiger partial charge in [-0.3, -0.25) is 4.79 Å². The SMILES string of the molecule is CC1NCCN(C(=O)CC2CCOCC2)C1C. The molecule has 2 aliphatic rings. The zero-order chi connectivity index (χ0) is 12.3. The summed E-state index contributed by atoms with van der Waals surface area (Å²) in [5.41, 5.74) is 0. The highest BCUT2D eigenvalue weighted by Crippen LogP contribution is 2.21. The molecule has 2 saturated heterocycles. The largest absolute Gasteiger partial charge is 0.381 e. The third-order valence-corrected chi connectivity index (χ3v) is 4.16. The zero-order valence-corrected chi connectivity index (χ0v) is 10.9. The first kappa shape index (κ1) is 12.8. The minimum atomic E-state index is 0.316. The first-order valence-corrected chi connectivity index (χ1v) is 6.79. The van der Waals surface area contributed by atoms with Crippen LogP contribution in [0.1, 0.15) is 33.1 Å². The van der Waals surface area contributed by atoms with E-state index in [1.807, 2.05) is 0 Å². The van der Waals surface area contributed by atoms with E-state index in [9.17, 15) is 4.79 Å². The maximum Gasteiger partial charge on any atom is 0.223 e. The Labute approximate surface area is 104 Å². The van der Waals surface area contributed by atoms with Crippen LogP contribution in [0, 0.1) is 5.92 Å². The van der Waals surface area contributed by atoms with Crippen LogP contribution in [0.5, 0.6) is 0 Å². The van der Waals surface area contributed by atoms with E-state index in [4.69, 9.17) is 4.74 Å². The Morgan fingerprint density at radius 3 is 2.76 bits per heavy atom. The number of nitrogens with one attached hydrogen (secondary N) is 1. The second-order valence-corrected chi connectivity index (χ2v) is 5.33. The van der Waals surface area contributed by atoms with Gasteiger partial charge in [0.05, 0.1) is 0 Å². The van der Waals surface area contributed by atoms with E-state index >= 15 is 0 Å². The molecule has 17 heavy (non-hydrogen) atoms. The molecule has 0 bridgehead atoms. The van der Waals surface area contributed by atoms with Gasteiger partial charge in [0.2, 0.25) is 5.91 Å². The topological polar surface area (TPSA) is 41.6 Å². The van der Waals surface area contributed by atoms with Gasteiger partial charge >= 0.3 is 0 Å². The highest BCUT2D eigenvalue weighted by atomic mass is 16.5. The van der Waals surface area contributed by atoms with Crippen molar-refractivity contribution in [3.05, 3.63) is 0 Å². The van der Waals surface area contributed by atoms with Gasteiger partial charge in [0.15, 0.2) is 0 Å². The molecule has 0 radical (unpaired) electrons. The quantitative estimate of drug-likeness (QED) is 0.783. The number of hydrogen-bond donors (Lipinski definition) is 1. The molecule has 2 atom stereocenters. The molecule has 0 aliphatic carbocycles. The second kappa shape index (κ2) is 5.83. The van der Waals surface area contributed by atoms with Crippen LogP contribution in [0.15, 0.2) is 0 Å². The van der Waals surface area contributed by atoms with Gasteiger partial charge in [-0.1, -0.05) is 0 Å². The average molecular weight is 240 g/mol. The van der Waals surface area contributed by atoms with E-state index < -0.39 is 0 Å². The van der Waals surface area contributed by atoms with Crippen molar-refractivity contribution in [1.82, 2.24) is 10.2 Å². The summed E-state index contributed by atoms with van der Waals surface area (Å²) in [5.74, 6) is 0.867. The lowest BCUT2D eigenvalue weighted by Gasteiger charge is -2.39. The van der Waals surface area contributed by atoms with E-state index in [2.05, 4.69) is 24.1 Å². The summed E-state index contributed by atoms with van der Waals surface area (Å²) in [6, 6.07) is 0.721. The number of nitrogens with zero attached hydrogens (tertiary/aromatic N) is 1. The lowest BCUT2D eigenvalue weighted by atomic mass is 9.95. The minimum absolute atomic E-state index is 0.316. The zero-order valence-electron chi connectivity index (χ0n) is 10.9. The lowest BCUT2D eigenvalue weighted by Crippen LogP contribution is -2.57. The molecule has 4 nitrogen and oxygen atoms in total. The van der Waals surface area contributed by atoms with Gasteiger partial charge in [0, 0.05) is 44.8 Å². The van der Waals surface area contributed by atoms with E-state index in [1.54, 1.807) is 0 Å². The summed E-state index contributed by atoms with van der Waals surface area (Å²) in [6.07, 6.45) is 2.80. The molecule has 2 unspecified atom stereocenters. The molecule has 1 amide bonds. The van der Waals surface area contributed by atoms with Crippen molar-refractivity contribution in [2.45, 2.75) is 45.2 Å². The van der Waals surface area contributed by atoms with Gasteiger partial charge < -0.3 is 15.0 Å². The third-order valence-electron chi connectivity index (χ3n) is 4.16. The Kier molecular flexibility index (Phi) is 4.40. The number of carbonyl (C=O) groups is 1. The molecule has 0 aromatic carbocycles. The first-order chi connectivity index (χ1) is 8.18. The van der Waals surface area contributed by atoms with Crippen LogP contribution in [-0.2, 0) is 9.53 Å². The van der Waals surface area contributed by atoms with Crippen molar-refractivity contribution >= 4 is 5.91 Å². The highest BCUT2D eigenvalue weighted by molar-refractivity contribution is 5.77. The molecule has 0 aromatic heterocycles. The number of ether oxygens (including phenoxy) is 1. The van der Waals surface area contributed by atoms with Crippen LogP contribution in [0.4, 0.5) is 0 Å². The minimum Gasteiger partial charge on any atom is -0.381 e. The van der Waals surface area contributed by atoms with Crippen molar-refractivity contribution in [2.24, 2.45) is 5.92 Å². The number of hydrogen-bond acceptors (Lipinski definition) is 3. The number of piperazine rings is 1. The molecule has 2 fully saturated rings. The normalized spacial score (nSPS) is 31.5. The number of amides is 1. The van der Waals surface area contributed by atoms with Gasteiger partial charge in [0.1, 0.15) is 0 Å². The summed E-state index contributed by atoms with van der Waals surface area (Å²) in [4.78, 5) is 14.3.